The maximum Gasteiger partial charge on any atom is 0.0917 e. The Balaban J connectivity index is 1.81. The van der Waals surface area contributed by atoms with Crippen molar-refractivity contribution >= 4 is 0 Å². The van der Waals surface area contributed by atoms with Crippen molar-refractivity contribution in [2.45, 2.75) is 25.7 Å². The lowest BCUT2D eigenvalue weighted by atomic mass is 9.64. The van der Waals surface area contributed by atoms with Gasteiger partial charge in [-0.05, 0) is 49.4 Å². The van der Waals surface area contributed by atoms with Crippen LogP contribution < -0.4 is 0 Å². The second kappa shape index (κ2) is 2.52. The number of methoxy groups -OCH3 is 1. The average molecular weight is 178 g/mol. The Kier molecular flexibility index (Phi) is 1.53. The highest BCUT2D eigenvalue weighted by molar-refractivity contribution is 5.11. The molecular formula is C12H18O. The second-order valence-electron chi connectivity index (χ2n) is 5.08. The SMILES string of the molecule is C=C(OC)C1CC2CCC1C1CC21. The Morgan fingerprint density at radius 2 is 2.00 bits per heavy atom. The van der Waals surface area contributed by atoms with E-state index >= 15 is 0 Å². The predicted molar refractivity (Wildman–Crippen MR) is 52.1 cm³/mol. The van der Waals surface area contributed by atoms with Crippen molar-refractivity contribution in [3.63, 3.8) is 0 Å². The molecule has 0 amide bonds. The van der Waals surface area contributed by atoms with Gasteiger partial charge in [0.25, 0.3) is 0 Å². The van der Waals surface area contributed by atoms with Crippen LogP contribution in [-0.2, 0) is 4.74 Å². The van der Waals surface area contributed by atoms with Gasteiger partial charge >= 0.3 is 0 Å². The van der Waals surface area contributed by atoms with Gasteiger partial charge in [-0.2, -0.15) is 0 Å². The molecule has 1 heteroatoms. The summed E-state index contributed by atoms with van der Waals surface area (Å²) in [5.41, 5.74) is 0. The van der Waals surface area contributed by atoms with Gasteiger partial charge in [0.15, 0.2) is 0 Å². The van der Waals surface area contributed by atoms with E-state index in [2.05, 4.69) is 6.58 Å². The fourth-order valence-electron chi connectivity index (χ4n) is 3.92. The second-order valence-corrected chi connectivity index (χ2v) is 5.08. The van der Waals surface area contributed by atoms with Gasteiger partial charge in [0.1, 0.15) is 0 Å². The molecule has 72 valence electrons. The summed E-state index contributed by atoms with van der Waals surface area (Å²) in [4.78, 5) is 0. The molecule has 0 heterocycles. The topological polar surface area (TPSA) is 9.23 Å². The lowest BCUT2D eigenvalue weighted by molar-refractivity contribution is 0.0703. The molecule has 0 aromatic carbocycles. The van der Waals surface area contributed by atoms with E-state index in [4.69, 9.17) is 4.74 Å². The van der Waals surface area contributed by atoms with Crippen LogP contribution in [0.2, 0.25) is 0 Å². The third kappa shape index (κ3) is 0.992. The predicted octanol–water partition coefficient (Wildman–Crippen LogP) is 2.83. The van der Waals surface area contributed by atoms with Crippen molar-refractivity contribution in [2.24, 2.45) is 29.6 Å². The third-order valence-electron chi connectivity index (χ3n) is 4.67. The number of rotatable bonds is 2. The zero-order chi connectivity index (χ0) is 9.00. The molecule has 4 saturated carbocycles. The van der Waals surface area contributed by atoms with E-state index in [1.807, 2.05) is 0 Å². The highest BCUT2D eigenvalue weighted by Crippen LogP contribution is 2.65. The van der Waals surface area contributed by atoms with Crippen LogP contribution in [-0.4, -0.2) is 7.11 Å². The van der Waals surface area contributed by atoms with Crippen LogP contribution in [0.1, 0.15) is 25.7 Å². The summed E-state index contributed by atoms with van der Waals surface area (Å²) in [7, 11) is 1.77. The fraction of sp³-hybridized carbons (Fsp3) is 0.833. The van der Waals surface area contributed by atoms with Crippen molar-refractivity contribution < 1.29 is 4.74 Å². The highest BCUT2D eigenvalue weighted by Gasteiger charge is 2.57. The monoisotopic (exact) mass is 178 g/mol. The highest BCUT2D eigenvalue weighted by atomic mass is 16.5. The maximum atomic E-state index is 5.31. The quantitative estimate of drug-likeness (QED) is 0.591. The number of hydrogen-bond donors (Lipinski definition) is 0. The Labute approximate surface area is 80.2 Å². The average Bonchev–Trinajstić information content (AvgIpc) is 2.97. The van der Waals surface area contributed by atoms with Gasteiger partial charge in [0.05, 0.1) is 12.9 Å². The Morgan fingerprint density at radius 3 is 2.69 bits per heavy atom. The van der Waals surface area contributed by atoms with Crippen LogP contribution in [0.4, 0.5) is 0 Å². The molecule has 0 aromatic heterocycles. The first-order valence-electron chi connectivity index (χ1n) is 5.54. The minimum Gasteiger partial charge on any atom is -0.501 e. The summed E-state index contributed by atoms with van der Waals surface area (Å²) in [5, 5.41) is 0. The summed E-state index contributed by atoms with van der Waals surface area (Å²) in [6.07, 6.45) is 5.82. The van der Waals surface area contributed by atoms with E-state index < -0.39 is 0 Å². The summed E-state index contributed by atoms with van der Waals surface area (Å²) in [6, 6.07) is 0. The summed E-state index contributed by atoms with van der Waals surface area (Å²) < 4.78 is 5.31. The number of hydrogen-bond acceptors (Lipinski definition) is 1. The molecule has 13 heavy (non-hydrogen) atoms. The van der Waals surface area contributed by atoms with Crippen molar-refractivity contribution in [3.8, 4) is 0 Å². The van der Waals surface area contributed by atoms with Gasteiger partial charge in [0, 0.05) is 5.92 Å². The summed E-state index contributed by atoms with van der Waals surface area (Å²) in [6.45, 7) is 4.05. The van der Waals surface area contributed by atoms with Crippen molar-refractivity contribution in [3.05, 3.63) is 12.3 Å². The zero-order valence-corrected chi connectivity index (χ0v) is 8.33. The van der Waals surface area contributed by atoms with Gasteiger partial charge < -0.3 is 4.74 Å². The van der Waals surface area contributed by atoms with Gasteiger partial charge in [-0.3, -0.25) is 0 Å². The minimum atomic E-state index is 0.701. The molecule has 0 N–H and O–H groups in total. The number of ether oxygens (including phenoxy) is 1. The fourth-order valence-corrected chi connectivity index (χ4v) is 3.92. The number of allylic oxidation sites excluding steroid dienone is 1. The van der Waals surface area contributed by atoms with Crippen molar-refractivity contribution in [2.75, 3.05) is 7.11 Å². The minimum absolute atomic E-state index is 0.701. The molecule has 0 aromatic rings. The first kappa shape index (κ1) is 7.90. The van der Waals surface area contributed by atoms with Crippen LogP contribution in [0.15, 0.2) is 12.3 Å². The maximum absolute atomic E-state index is 5.31. The van der Waals surface area contributed by atoms with Gasteiger partial charge in [-0.1, -0.05) is 6.58 Å². The molecule has 0 spiro atoms. The molecule has 0 aliphatic heterocycles. The molecule has 4 rings (SSSR count). The van der Waals surface area contributed by atoms with Gasteiger partial charge in [-0.15, -0.1) is 0 Å². The van der Waals surface area contributed by atoms with Crippen LogP contribution in [0, 0.1) is 29.6 Å². The normalized spacial score (nSPS) is 51.3. The Bertz CT molecular complexity index is 246. The van der Waals surface area contributed by atoms with E-state index in [1.54, 1.807) is 7.11 Å². The summed E-state index contributed by atoms with van der Waals surface area (Å²) in [5.74, 6) is 5.88. The first-order chi connectivity index (χ1) is 6.31. The van der Waals surface area contributed by atoms with Crippen LogP contribution >= 0.6 is 0 Å². The lowest BCUT2D eigenvalue weighted by Gasteiger charge is -2.42. The molecule has 0 radical (unpaired) electrons. The standard InChI is InChI=1S/C12H18O/c1-7(13-2)10-5-8-3-4-9(10)12-6-11(8)12/h8-12H,1,3-6H2,2H3. The van der Waals surface area contributed by atoms with Crippen molar-refractivity contribution in [1.82, 2.24) is 0 Å². The van der Waals surface area contributed by atoms with Crippen LogP contribution in [0.25, 0.3) is 0 Å². The smallest absolute Gasteiger partial charge is 0.0917 e. The molecule has 4 aliphatic rings. The van der Waals surface area contributed by atoms with Crippen LogP contribution in [0.5, 0.6) is 0 Å². The molecule has 4 fully saturated rings. The lowest BCUT2D eigenvalue weighted by Crippen LogP contribution is -2.34. The largest absolute Gasteiger partial charge is 0.501 e. The van der Waals surface area contributed by atoms with Crippen molar-refractivity contribution in [1.29, 1.82) is 0 Å². The van der Waals surface area contributed by atoms with E-state index in [0.29, 0.717) is 5.92 Å². The molecule has 2 bridgehead atoms. The van der Waals surface area contributed by atoms with E-state index in [-0.39, 0.29) is 0 Å². The van der Waals surface area contributed by atoms with Gasteiger partial charge in [0.2, 0.25) is 0 Å². The summed E-state index contributed by atoms with van der Waals surface area (Å²) >= 11 is 0. The number of fused-ring (bicyclic) bond motifs is 2. The molecule has 5 unspecified atom stereocenters. The third-order valence-corrected chi connectivity index (χ3v) is 4.67. The van der Waals surface area contributed by atoms with Gasteiger partial charge in [-0.25, -0.2) is 0 Å². The van der Waals surface area contributed by atoms with E-state index in [9.17, 15) is 0 Å². The molecule has 0 saturated heterocycles. The Morgan fingerprint density at radius 1 is 1.15 bits per heavy atom. The first-order valence-corrected chi connectivity index (χ1v) is 5.54. The zero-order valence-electron chi connectivity index (χ0n) is 8.33. The van der Waals surface area contributed by atoms with E-state index in [0.717, 1.165) is 29.4 Å². The van der Waals surface area contributed by atoms with Crippen LogP contribution in [0.3, 0.4) is 0 Å². The molecule has 5 atom stereocenters. The molecule has 1 nitrogen and oxygen atoms in total. The Hall–Kier alpha value is -0.460. The molecular weight excluding hydrogens is 160 g/mol. The van der Waals surface area contributed by atoms with E-state index in [1.165, 1.54) is 25.7 Å². The molecule has 4 aliphatic carbocycles.